The van der Waals surface area contributed by atoms with Crippen molar-refractivity contribution in [2.45, 2.75) is 44.8 Å². The highest BCUT2D eigenvalue weighted by Gasteiger charge is 2.25. The van der Waals surface area contributed by atoms with Gasteiger partial charge in [0, 0.05) is 11.0 Å². The lowest BCUT2D eigenvalue weighted by Gasteiger charge is -2.32. The maximum atomic E-state index is 6.26. The topological polar surface area (TPSA) is 35.2 Å². The zero-order valence-electron chi connectivity index (χ0n) is 10.9. The first-order valence-corrected chi connectivity index (χ1v) is 7.61. The Hall–Kier alpha value is -0.380. The Morgan fingerprint density at radius 1 is 1.33 bits per heavy atom. The van der Waals surface area contributed by atoms with Crippen molar-refractivity contribution in [2.24, 2.45) is 11.7 Å². The van der Waals surface area contributed by atoms with Gasteiger partial charge in [0.15, 0.2) is 0 Å². The highest BCUT2D eigenvalue weighted by atomic mass is 79.9. The number of nitrogens with two attached hydrogens (primary N) is 1. The van der Waals surface area contributed by atoms with Gasteiger partial charge >= 0.3 is 0 Å². The van der Waals surface area contributed by atoms with Gasteiger partial charge in [-0.15, -0.1) is 0 Å². The van der Waals surface area contributed by atoms with E-state index in [9.17, 15) is 0 Å². The number of benzene rings is 1. The quantitative estimate of drug-likeness (QED) is 0.910. The monoisotopic (exact) mass is 311 g/mol. The summed E-state index contributed by atoms with van der Waals surface area (Å²) in [6.07, 6.45) is 5.43. The molecular formula is C15H22BrNO. The van der Waals surface area contributed by atoms with Crippen molar-refractivity contribution in [3.05, 3.63) is 34.3 Å². The van der Waals surface area contributed by atoms with E-state index in [-0.39, 0.29) is 6.10 Å². The van der Waals surface area contributed by atoms with Crippen LogP contribution in [0.4, 0.5) is 0 Å². The van der Waals surface area contributed by atoms with Crippen LogP contribution >= 0.6 is 15.9 Å². The number of ether oxygens (including phenoxy) is 1. The van der Waals surface area contributed by atoms with Gasteiger partial charge in [0.25, 0.3) is 0 Å². The van der Waals surface area contributed by atoms with Gasteiger partial charge < -0.3 is 10.5 Å². The Labute approximate surface area is 118 Å². The van der Waals surface area contributed by atoms with Crippen molar-refractivity contribution in [3.8, 4) is 0 Å². The molecule has 2 rings (SSSR count). The van der Waals surface area contributed by atoms with Gasteiger partial charge in [-0.3, -0.25) is 0 Å². The molecule has 3 heteroatoms. The lowest BCUT2D eigenvalue weighted by Crippen LogP contribution is -2.30. The molecule has 1 fully saturated rings. The summed E-state index contributed by atoms with van der Waals surface area (Å²) in [6, 6.07) is 8.20. The molecule has 0 spiro atoms. The zero-order valence-corrected chi connectivity index (χ0v) is 12.5. The molecule has 2 N–H and O–H groups in total. The second-order valence-electron chi connectivity index (χ2n) is 5.18. The van der Waals surface area contributed by atoms with Gasteiger partial charge in [0.2, 0.25) is 0 Å². The van der Waals surface area contributed by atoms with E-state index >= 15 is 0 Å². The SMILES string of the molecule is CC1CCCCC1OC(CN)c1ccccc1Br. The van der Waals surface area contributed by atoms with E-state index in [1.165, 1.54) is 25.7 Å². The molecule has 0 amide bonds. The lowest BCUT2D eigenvalue weighted by atomic mass is 9.87. The Kier molecular flexibility index (Phi) is 5.22. The van der Waals surface area contributed by atoms with Crippen molar-refractivity contribution in [3.63, 3.8) is 0 Å². The molecule has 0 aliphatic heterocycles. The van der Waals surface area contributed by atoms with Crippen LogP contribution in [-0.4, -0.2) is 12.6 Å². The summed E-state index contributed by atoms with van der Waals surface area (Å²) >= 11 is 3.58. The lowest BCUT2D eigenvalue weighted by molar-refractivity contribution is -0.0536. The van der Waals surface area contributed by atoms with Crippen LogP contribution in [-0.2, 0) is 4.74 Å². The molecule has 0 heterocycles. The van der Waals surface area contributed by atoms with Crippen LogP contribution < -0.4 is 5.73 Å². The molecule has 3 atom stereocenters. The van der Waals surface area contributed by atoms with E-state index in [1.807, 2.05) is 18.2 Å². The smallest absolute Gasteiger partial charge is 0.0961 e. The third-order valence-corrected chi connectivity index (χ3v) is 4.56. The first-order chi connectivity index (χ1) is 8.72. The third kappa shape index (κ3) is 3.34. The van der Waals surface area contributed by atoms with Crippen molar-refractivity contribution in [1.82, 2.24) is 0 Å². The molecule has 0 aromatic heterocycles. The van der Waals surface area contributed by atoms with E-state index in [0.29, 0.717) is 18.6 Å². The van der Waals surface area contributed by atoms with Crippen LogP contribution in [0.25, 0.3) is 0 Å². The maximum Gasteiger partial charge on any atom is 0.0961 e. The molecule has 1 saturated carbocycles. The van der Waals surface area contributed by atoms with Crippen LogP contribution in [0.5, 0.6) is 0 Å². The number of hydrogen-bond acceptors (Lipinski definition) is 2. The van der Waals surface area contributed by atoms with Crippen molar-refractivity contribution >= 4 is 15.9 Å². The van der Waals surface area contributed by atoms with E-state index in [2.05, 4.69) is 28.9 Å². The van der Waals surface area contributed by atoms with E-state index in [4.69, 9.17) is 10.5 Å². The molecule has 1 aromatic carbocycles. The van der Waals surface area contributed by atoms with E-state index in [0.717, 1.165) is 10.0 Å². The van der Waals surface area contributed by atoms with Gasteiger partial charge in [0.1, 0.15) is 0 Å². The second-order valence-corrected chi connectivity index (χ2v) is 6.04. The van der Waals surface area contributed by atoms with Gasteiger partial charge in [-0.05, 0) is 30.4 Å². The predicted molar refractivity (Wildman–Crippen MR) is 78.4 cm³/mol. The molecule has 0 bridgehead atoms. The predicted octanol–water partition coefficient (Wildman–Crippen LogP) is 4.04. The summed E-state index contributed by atoms with van der Waals surface area (Å²) in [6.45, 7) is 2.82. The minimum absolute atomic E-state index is 0.00567. The number of rotatable bonds is 4. The Morgan fingerprint density at radius 3 is 2.72 bits per heavy atom. The first-order valence-electron chi connectivity index (χ1n) is 6.82. The summed E-state index contributed by atoms with van der Waals surface area (Å²) in [7, 11) is 0. The molecule has 1 aromatic rings. The molecule has 0 saturated heterocycles. The third-order valence-electron chi connectivity index (χ3n) is 3.84. The van der Waals surface area contributed by atoms with Crippen molar-refractivity contribution in [1.29, 1.82) is 0 Å². The van der Waals surface area contributed by atoms with Crippen molar-refractivity contribution < 1.29 is 4.74 Å². The fourth-order valence-corrected chi connectivity index (χ4v) is 3.23. The molecule has 100 valence electrons. The Morgan fingerprint density at radius 2 is 2.06 bits per heavy atom. The fourth-order valence-electron chi connectivity index (χ4n) is 2.69. The van der Waals surface area contributed by atoms with Crippen LogP contribution in [0, 0.1) is 5.92 Å². The van der Waals surface area contributed by atoms with Crippen LogP contribution in [0.2, 0.25) is 0 Å². The first kappa shape index (κ1) is 14.0. The maximum absolute atomic E-state index is 6.26. The Balaban J connectivity index is 2.07. The van der Waals surface area contributed by atoms with Crippen LogP contribution in [0.15, 0.2) is 28.7 Å². The van der Waals surface area contributed by atoms with Crippen molar-refractivity contribution in [2.75, 3.05) is 6.54 Å². The molecule has 3 unspecified atom stereocenters. The minimum Gasteiger partial charge on any atom is -0.369 e. The van der Waals surface area contributed by atoms with E-state index < -0.39 is 0 Å². The Bertz CT molecular complexity index is 383. The average Bonchev–Trinajstić information content (AvgIpc) is 2.39. The summed E-state index contributed by atoms with van der Waals surface area (Å²) in [4.78, 5) is 0. The summed E-state index contributed by atoms with van der Waals surface area (Å²) in [5.74, 6) is 0.648. The van der Waals surface area contributed by atoms with Gasteiger partial charge in [0.05, 0.1) is 12.2 Å². The normalized spacial score (nSPS) is 25.9. The standard InChI is InChI=1S/C15H22BrNO/c1-11-6-2-5-9-14(11)18-15(10-17)12-7-3-4-8-13(12)16/h3-4,7-8,11,14-15H,2,5-6,9-10,17H2,1H3. The van der Waals surface area contributed by atoms with Gasteiger partial charge in [-0.2, -0.15) is 0 Å². The second kappa shape index (κ2) is 6.69. The van der Waals surface area contributed by atoms with Crippen LogP contribution in [0.3, 0.4) is 0 Å². The van der Waals surface area contributed by atoms with Gasteiger partial charge in [-0.25, -0.2) is 0 Å². The molecular weight excluding hydrogens is 290 g/mol. The molecule has 1 aliphatic rings. The van der Waals surface area contributed by atoms with Gasteiger partial charge in [-0.1, -0.05) is 53.9 Å². The largest absolute Gasteiger partial charge is 0.369 e. The average molecular weight is 312 g/mol. The molecule has 18 heavy (non-hydrogen) atoms. The molecule has 0 radical (unpaired) electrons. The van der Waals surface area contributed by atoms with E-state index in [1.54, 1.807) is 0 Å². The number of halogens is 1. The highest BCUT2D eigenvalue weighted by molar-refractivity contribution is 9.10. The zero-order chi connectivity index (χ0) is 13.0. The highest BCUT2D eigenvalue weighted by Crippen LogP contribution is 2.32. The summed E-state index contributed by atoms with van der Waals surface area (Å²) in [5.41, 5.74) is 7.06. The molecule has 1 aliphatic carbocycles. The minimum atomic E-state index is 0.00567. The summed E-state index contributed by atoms with van der Waals surface area (Å²) < 4.78 is 7.35. The summed E-state index contributed by atoms with van der Waals surface area (Å²) in [5, 5.41) is 0. The number of hydrogen-bond donors (Lipinski definition) is 1. The molecule has 2 nitrogen and oxygen atoms in total. The fraction of sp³-hybridized carbons (Fsp3) is 0.600. The van der Waals surface area contributed by atoms with Crippen LogP contribution in [0.1, 0.15) is 44.3 Å².